The number of nitrogens with zero attached hydrogens (tertiary/aromatic N) is 2. The standard InChI is InChI=1S/C18H23N3O4/c1-4-10-20-16(23)17(24)21(18(20)25)11-15(22)19-12(3)14-8-6-13(5-2)7-9-14/h6-9,12H,4-5,10-11H2,1-3H3,(H,19,22)/t12-/m1/s1. The van der Waals surface area contributed by atoms with Crippen LogP contribution in [0.25, 0.3) is 0 Å². The Labute approximate surface area is 147 Å². The van der Waals surface area contributed by atoms with E-state index >= 15 is 0 Å². The number of carbonyl (C=O) groups excluding carboxylic acids is 4. The number of hydrogen-bond donors (Lipinski definition) is 1. The van der Waals surface area contributed by atoms with E-state index in [-0.39, 0.29) is 12.6 Å². The van der Waals surface area contributed by atoms with Crippen molar-refractivity contribution in [1.29, 1.82) is 0 Å². The maximum absolute atomic E-state index is 12.2. The molecule has 5 amide bonds. The summed E-state index contributed by atoms with van der Waals surface area (Å²) in [5, 5.41) is 2.75. The predicted octanol–water partition coefficient (Wildman–Crippen LogP) is 1.63. The minimum Gasteiger partial charge on any atom is -0.348 e. The van der Waals surface area contributed by atoms with Crippen LogP contribution in [0, 0.1) is 0 Å². The molecular weight excluding hydrogens is 322 g/mol. The summed E-state index contributed by atoms with van der Waals surface area (Å²) < 4.78 is 0. The molecule has 1 saturated heterocycles. The average Bonchev–Trinajstić information content (AvgIpc) is 2.80. The Morgan fingerprint density at radius 3 is 2.20 bits per heavy atom. The fraction of sp³-hybridized carbons (Fsp3) is 0.444. The number of amides is 5. The Balaban J connectivity index is 1.98. The first kappa shape index (κ1) is 18.6. The number of carbonyl (C=O) groups is 4. The Morgan fingerprint density at radius 1 is 1.04 bits per heavy atom. The van der Waals surface area contributed by atoms with Crippen LogP contribution in [0.3, 0.4) is 0 Å². The quantitative estimate of drug-likeness (QED) is 0.601. The molecule has 0 bridgehead atoms. The van der Waals surface area contributed by atoms with Gasteiger partial charge in [-0.3, -0.25) is 19.3 Å². The molecule has 25 heavy (non-hydrogen) atoms. The smallest absolute Gasteiger partial charge is 0.334 e. The van der Waals surface area contributed by atoms with E-state index in [1.807, 2.05) is 31.2 Å². The molecule has 7 nitrogen and oxygen atoms in total. The van der Waals surface area contributed by atoms with E-state index in [4.69, 9.17) is 0 Å². The van der Waals surface area contributed by atoms with Gasteiger partial charge in [0.25, 0.3) is 0 Å². The van der Waals surface area contributed by atoms with Gasteiger partial charge in [0, 0.05) is 6.54 Å². The minimum atomic E-state index is -0.950. The van der Waals surface area contributed by atoms with Crippen LogP contribution in [0.1, 0.15) is 44.4 Å². The summed E-state index contributed by atoms with van der Waals surface area (Å²) in [7, 11) is 0. The van der Waals surface area contributed by atoms with Gasteiger partial charge in [0.15, 0.2) is 0 Å². The van der Waals surface area contributed by atoms with Gasteiger partial charge in [-0.2, -0.15) is 0 Å². The Bertz CT molecular complexity index is 684. The first-order chi connectivity index (χ1) is 11.9. The van der Waals surface area contributed by atoms with Crippen molar-refractivity contribution >= 4 is 23.8 Å². The second kappa shape index (κ2) is 7.92. The number of urea groups is 1. The van der Waals surface area contributed by atoms with E-state index in [0.717, 1.165) is 16.9 Å². The van der Waals surface area contributed by atoms with Gasteiger partial charge in [-0.15, -0.1) is 0 Å². The zero-order valence-corrected chi connectivity index (χ0v) is 14.7. The molecule has 1 N–H and O–H groups in total. The highest BCUT2D eigenvalue weighted by molar-refractivity contribution is 6.45. The molecule has 1 aromatic rings. The van der Waals surface area contributed by atoms with Gasteiger partial charge in [-0.05, 0) is 30.9 Å². The van der Waals surface area contributed by atoms with Gasteiger partial charge in [0.05, 0.1) is 6.04 Å². The number of benzene rings is 1. The van der Waals surface area contributed by atoms with Crippen LogP contribution in [0.4, 0.5) is 4.79 Å². The highest BCUT2D eigenvalue weighted by Crippen LogP contribution is 2.15. The normalized spacial score (nSPS) is 15.7. The van der Waals surface area contributed by atoms with Crippen LogP contribution in [0.15, 0.2) is 24.3 Å². The maximum atomic E-state index is 12.2. The molecular formula is C18H23N3O4. The maximum Gasteiger partial charge on any atom is 0.334 e. The lowest BCUT2D eigenvalue weighted by atomic mass is 10.1. The summed E-state index contributed by atoms with van der Waals surface area (Å²) in [6.45, 7) is 5.39. The summed E-state index contributed by atoms with van der Waals surface area (Å²) in [6.07, 6.45) is 1.48. The first-order valence-corrected chi connectivity index (χ1v) is 8.44. The molecule has 1 heterocycles. The summed E-state index contributed by atoms with van der Waals surface area (Å²) in [4.78, 5) is 49.5. The molecule has 0 aromatic heterocycles. The van der Waals surface area contributed by atoms with Crippen molar-refractivity contribution in [2.75, 3.05) is 13.1 Å². The van der Waals surface area contributed by atoms with Crippen LogP contribution in [-0.2, 0) is 20.8 Å². The summed E-state index contributed by atoms with van der Waals surface area (Å²) in [5.74, 6) is -2.31. The first-order valence-electron chi connectivity index (χ1n) is 8.44. The van der Waals surface area contributed by atoms with E-state index in [1.54, 1.807) is 6.92 Å². The summed E-state index contributed by atoms with van der Waals surface area (Å²) in [6, 6.07) is 6.85. The molecule has 2 rings (SSSR count). The molecule has 0 saturated carbocycles. The monoisotopic (exact) mass is 345 g/mol. The van der Waals surface area contributed by atoms with Crippen LogP contribution in [0.2, 0.25) is 0 Å². The molecule has 0 aliphatic carbocycles. The van der Waals surface area contributed by atoms with E-state index in [9.17, 15) is 19.2 Å². The van der Waals surface area contributed by atoms with Crippen LogP contribution in [-0.4, -0.2) is 46.6 Å². The Hall–Kier alpha value is -2.70. The van der Waals surface area contributed by atoms with Crippen molar-refractivity contribution in [3.8, 4) is 0 Å². The Morgan fingerprint density at radius 2 is 1.64 bits per heavy atom. The number of nitrogens with one attached hydrogen (secondary N) is 1. The van der Waals surface area contributed by atoms with Gasteiger partial charge in [-0.1, -0.05) is 38.1 Å². The lowest BCUT2D eigenvalue weighted by molar-refractivity contribution is -0.144. The fourth-order valence-electron chi connectivity index (χ4n) is 2.67. The van der Waals surface area contributed by atoms with E-state index in [0.29, 0.717) is 11.3 Å². The third-order valence-electron chi connectivity index (χ3n) is 4.15. The SMILES string of the molecule is CCCN1C(=O)C(=O)N(CC(=O)N[C@H](C)c2ccc(CC)cc2)C1=O. The highest BCUT2D eigenvalue weighted by Gasteiger charge is 2.44. The van der Waals surface area contributed by atoms with Gasteiger partial charge in [-0.25, -0.2) is 9.69 Å². The molecule has 0 unspecified atom stereocenters. The lowest BCUT2D eigenvalue weighted by Gasteiger charge is -2.18. The fourth-order valence-corrected chi connectivity index (χ4v) is 2.67. The van der Waals surface area contributed by atoms with E-state index in [1.165, 1.54) is 5.56 Å². The van der Waals surface area contributed by atoms with Gasteiger partial charge in [0.2, 0.25) is 5.91 Å². The average molecular weight is 345 g/mol. The zero-order chi connectivity index (χ0) is 18.6. The molecule has 1 aliphatic rings. The van der Waals surface area contributed by atoms with E-state index < -0.39 is 30.3 Å². The molecule has 1 atom stereocenters. The summed E-state index contributed by atoms with van der Waals surface area (Å²) >= 11 is 0. The minimum absolute atomic E-state index is 0.168. The largest absolute Gasteiger partial charge is 0.348 e. The molecule has 1 aromatic carbocycles. The van der Waals surface area contributed by atoms with Gasteiger partial charge >= 0.3 is 17.8 Å². The predicted molar refractivity (Wildman–Crippen MR) is 91.5 cm³/mol. The van der Waals surface area contributed by atoms with Crippen molar-refractivity contribution in [2.24, 2.45) is 0 Å². The number of imide groups is 2. The molecule has 7 heteroatoms. The van der Waals surface area contributed by atoms with Crippen molar-refractivity contribution in [1.82, 2.24) is 15.1 Å². The third-order valence-corrected chi connectivity index (χ3v) is 4.15. The van der Waals surface area contributed by atoms with Crippen molar-refractivity contribution in [3.63, 3.8) is 0 Å². The van der Waals surface area contributed by atoms with Gasteiger partial charge in [0.1, 0.15) is 6.54 Å². The van der Waals surface area contributed by atoms with Crippen LogP contribution < -0.4 is 5.32 Å². The second-order valence-corrected chi connectivity index (χ2v) is 6.01. The second-order valence-electron chi connectivity index (χ2n) is 6.01. The van der Waals surface area contributed by atoms with Crippen LogP contribution >= 0.6 is 0 Å². The zero-order valence-electron chi connectivity index (χ0n) is 14.7. The lowest BCUT2D eigenvalue weighted by Crippen LogP contribution is -2.42. The third kappa shape index (κ3) is 4.04. The molecule has 1 fully saturated rings. The molecule has 0 radical (unpaired) electrons. The molecule has 134 valence electrons. The van der Waals surface area contributed by atoms with Crippen molar-refractivity contribution < 1.29 is 19.2 Å². The van der Waals surface area contributed by atoms with Crippen molar-refractivity contribution in [3.05, 3.63) is 35.4 Å². The van der Waals surface area contributed by atoms with Gasteiger partial charge < -0.3 is 5.32 Å². The number of aryl methyl sites for hydroxylation is 1. The Kier molecular flexibility index (Phi) is 5.90. The number of hydrogen-bond acceptors (Lipinski definition) is 4. The number of rotatable bonds is 7. The van der Waals surface area contributed by atoms with Crippen LogP contribution in [0.5, 0.6) is 0 Å². The van der Waals surface area contributed by atoms with Crippen molar-refractivity contribution in [2.45, 2.75) is 39.7 Å². The van der Waals surface area contributed by atoms with E-state index in [2.05, 4.69) is 12.2 Å². The topological polar surface area (TPSA) is 86.8 Å². The highest BCUT2D eigenvalue weighted by atomic mass is 16.2. The molecule has 0 spiro atoms. The summed E-state index contributed by atoms with van der Waals surface area (Å²) in [5.41, 5.74) is 2.12. The molecule has 1 aliphatic heterocycles.